The SMILES string of the molecule is C=COC(C)=O.CC(=O)N1CCNC1=O. The fraction of sp³-hybridized carbons (Fsp3) is 0.444. The first-order valence-corrected chi connectivity index (χ1v) is 4.33. The van der Waals surface area contributed by atoms with Crippen molar-refractivity contribution in [1.82, 2.24) is 10.2 Å². The third kappa shape index (κ3) is 5.45. The summed E-state index contributed by atoms with van der Waals surface area (Å²) in [5.41, 5.74) is 0. The molecule has 0 aliphatic carbocycles. The zero-order valence-corrected chi connectivity index (χ0v) is 8.78. The van der Waals surface area contributed by atoms with Gasteiger partial charge in [0.15, 0.2) is 0 Å². The van der Waals surface area contributed by atoms with Crippen molar-refractivity contribution in [3.63, 3.8) is 0 Å². The van der Waals surface area contributed by atoms with Crippen LogP contribution in [-0.2, 0) is 14.3 Å². The number of imide groups is 1. The number of amides is 3. The van der Waals surface area contributed by atoms with Crippen LogP contribution in [0, 0.1) is 0 Å². The van der Waals surface area contributed by atoms with Gasteiger partial charge < -0.3 is 10.1 Å². The Labute approximate surface area is 87.9 Å². The van der Waals surface area contributed by atoms with Gasteiger partial charge in [-0.2, -0.15) is 0 Å². The van der Waals surface area contributed by atoms with Gasteiger partial charge in [0, 0.05) is 26.9 Å². The summed E-state index contributed by atoms with van der Waals surface area (Å²) in [5, 5.41) is 2.52. The average Bonchev–Trinajstić information content (AvgIpc) is 2.52. The zero-order valence-electron chi connectivity index (χ0n) is 8.78. The van der Waals surface area contributed by atoms with Crippen molar-refractivity contribution in [2.75, 3.05) is 13.1 Å². The molecule has 1 aliphatic rings. The van der Waals surface area contributed by atoms with E-state index in [2.05, 4.69) is 16.6 Å². The van der Waals surface area contributed by atoms with Gasteiger partial charge in [-0.05, 0) is 0 Å². The molecule has 15 heavy (non-hydrogen) atoms. The van der Waals surface area contributed by atoms with E-state index in [1.54, 1.807) is 0 Å². The Hall–Kier alpha value is -1.85. The van der Waals surface area contributed by atoms with Crippen molar-refractivity contribution < 1.29 is 19.1 Å². The molecular weight excluding hydrogens is 200 g/mol. The van der Waals surface area contributed by atoms with Gasteiger partial charge >= 0.3 is 12.0 Å². The van der Waals surface area contributed by atoms with Crippen molar-refractivity contribution in [3.8, 4) is 0 Å². The van der Waals surface area contributed by atoms with Crippen LogP contribution >= 0.6 is 0 Å². The van der Waals surface area contributed by atoms with Crippen LogP contribution in [0.15, 0.2) is 12.8 Å². The Balaban J connectivity index is 0.000000288. The van der Waals surface area contributed by atoms with E-state index in [9.17, 15) is 14.4 Å². The highest BCUT2D eigenvalue weighted by Crippen LogP contribution is 1.95. The number of nitrogens with one attached hydrogen (secondary N) is 1. The van der Waals surface area contributed by atoms with E-state index in [-0.39, 0.29) is 17.9 Å². The first-order chi connectivity index (χ1) is 6.99. The van der Waals surface area contributed by atoms with Gasteiger partial charge in [0.05, 0.1) is 6.26 Å². The number of carbonyl (C=O) groups excluding carboxylic acids is 3. The highest BCUT2D eigenvalue weighted by molar-refractivity contribution is 5.94. The third-order valence-electron chi connectivity index (χ3n) is 1.49. The second kappa shape index (κ2) is 6.58. The number of nitrogens with zero attached hydrogens (tertiary/aromatic N) is 1. The summed E-state index contributed by atoms with van der Waals surface area (Å²) in [5.74, 6) is -0.519. The highest BCUT2D eigenvalue weighted by Gasteiger charge is 2.22. The van der Waals surface area contributed by atoms with Gasteiger partial charge in [-0.15, -0.1) is 0 Å². The van der Waals surface area contributed by atoms with Crippen LogP contribution in [0.4, 0.5) is 4.79 Å². The molecule has 0 aromatic carbocycles. The van der Waals surface area contributed by atoms with E-state index in [0.29, 0.717) is 13.1 Å². The normalized spacial score (nSPS) is 13.5. The summed E-state index contributed by atoms with van der Waals surface area (Å²) in [6, 6.07) is -0.275. The van der Waals surface area contributed by atoms with E-state index in [1.165, 1.54) is 18.7 Å². The van der Waals surface area contributed by atoms with E-state index in [0.717, 1.165) is 6.26 Å². The van der Waals surface area contributed by atoms with Crippen molar-refractivity contribution in [3.05, 3.63) is 12.8 Å². The molecule has 0 aromatic rings. The summed E-state index contributed by atoms with van der Waals surface area (Å²) >= 11 is 0. The van der Waals surface area contributed by atoms with Gasteiger partial charge in [0.25, 0.3) is 0 Å². The van der Waals surface area contributed by atoms with Gasteiger partial charge in [-0.3, -0.25) is 14.5 Å². The minimum absolute atomic E-state index is 0.190. The molecule has 3 amide bonds. The van der Waals surface area contributed by atoms with E-state index >= 15 is 0 Å². The van der Waals surface area contributed by atoms with Gasteiger partial charge in [-0.1, -0.05) is 6.58 Å². The van der Waals surface area contributed by atoms with Crippen LogP contribution in [-0.4, -0.2) is 35.9 Å². The molecule has 1 N–H and O–H groups in total. The lowest BCUT2D eigenvalue weighted by atomic mass is 10.5. The fourth-order valence-corrected chi connectivity index (χ4v) is 0.889. The second-order valence-electron chi connectivity index (χ2n) is 2.68. The average molecular weight is 214 g/mol. The molecular formula is C9H14N2O4. The second-order valence-corrected chi connectivity index (χ2v) is 2.68. The predicted molar refractivity (Wildman–Crippen MR) is 52.7 cm³/mol. The molecule has 84 valence electrons. The van der Waals surface area contributed by atoms with Crippen LogP contribution < -0.4 is 5.32 Å². The fourth-order valence-electron chi connectivity index (χ4n) is 0.889. The largest absolute Gasteiger partial charge is 0.435 e. The molecule has 6 heteroatoms. The molecule has 1 aliphatic heterocycles. The molecule has 0 aromatic heterocycles. The maximum Gasteiger partial charge on any atom is 0.324 e. The first kappa shape index (κ1) is 13.2. The Morgan fingerprint density at radius 2 is 2.13 bits per heavy atom. The lowest BCUT2D eigenvalue weighted by Gasteiger charge is -2.06. The van der Waals surface area contributed by atoms with Crippen LogP contribution in [0.25, 0.3) is 0 Å². The molecule has 0 atom stereocenters. The molecule has 0 radical (unpaired) electrons. The Kier molecular flexibility index (Phi) is 5.77. The molecule has 0 bridgehead atoms. The molecule has 6 nitrogen and oxygen atoms in total. The smallest absolute Gasteiger partial charge is 0.324 e. The van der Waals surface area contributed by atoms with Gasteiger partial charge in [0.1, 0.15) is 0 Å². The third-order valence-corrected chi connectivity index (χ3v) is 1.49. The Morgan fingerprint density at radius 3 is 2.27 bits per heavy atom. The number of urea groups is 1. The van der Waals surface area contributed by atoms with Crippen LogP contribution in [0.1, 0.15) is 13.8 Å². The quantitative estimate of drug-likeness (QED) is 0.501. The number of carbonyl (C=O) groups is 3. The minimum Gasteiger partial charge on any atom is -0.435 e. The van der Waals surface area contributed by atoms with E-state index in [4.69, 9.17) is 0 Å². The van der Waals surface area contributed by atoms with E-state index < -0.39 is 0 Å². The topological polar surface area (TPSA) is 75.7 Å². The Morgan fingerprint density at radius 1 is 1.53 bits per heavy atom. The lowest BCUT2D eigenvalue weighted by molar-refractivity contribution is -0.135. The maximum absolute atomic E-state index is 10.6. The van der Waals surface area contributed by atoms with Crippen molar-refractivity contribution in [2.24, 2.45) is 0 Å². The van der Waals surface area contributed by atoms with Crippen molar-refractivity contribution in [2.45, 2.75) is 13.8 Å². The molecule has 0 saturated carbocycles. The summed E-state index contributed by atoms with van der Waals surface area (Å²) in [4.78, 5) is 32.1. The number of hydrogen-bond acceptors (Lipinski definition) is 4. The van der Waals surface area contributed by atoms with Gasteiger partial charge in [-0.25, -0.2) is 4.79 Å². The number of ether oxygens (including phenoxy) is 1. The van der Waals surface area contributed by atoms with Crippen LogP contribution in [0.2, 0.25) is 0 Å². The number of esters is 1. The number of hydrogen-bond donors (Lipinski definition) is 1. The van der Waals surface area contributed by atoms with Crippen LogP contribution in [0.3, 0.4) is 0 Å². The zero-order chi connectivity index (χ0) is 11.8. The molecule has 1 rings (SSSR count). The summed E-state index contributed by atoms with van der Waals surface area (Å²) in [7, 11) is 0. The predicted octanol–water partition coefficient (Wildman–Crippen LogP) is 0.251. The Bertz CT molecular complexity index is 275. The number of rotatable bonds is 1. The first-order valence-electron chi connectivity index (χ1n) is 4.33. The van der Waals surface area contributed by atoms with Crippen molar-refractivity contribution in [1.29, 1.82) is 0 Å². The molecule has 1 saturated heterocycles. The lowest BCUT2D eigenvalue weighted by Crippen LogP contribution is -2.31. The highest BCUT2D eigenvalue weighted by atomic mass is 16.5. The van der Waals surface area contributed by atoms with E-state index in [1.807, 2.05) is 0 Å². The standard InChI is InChI=1S/C5H8N2O2.C4H6O2/c1-4(8)7-3-2-6-5(7)9;1-3-6-4(2)5/h2-3H2,1H3,(H,6,9);3H,1H2,2H3. The maximum atomic E-state index is 10.6. The summed E-state index contributed by atoms with van der Waals surface area (Å²) in [6.07, 6.45) is 1.10. The molecule has 1 fully saturated rings. The van der Waals surface area contributed by atoms with Crippen molar-refractivity contribution >= 4 is 17.9 Å². The molecule has 0 spiro atoms. The van der Waals surface area contributed by atoms with Crippen LogP contribution in [0.5, 0.6) is 0 Å². The molecule has 0 unspecified atom stereocenters. The molecule has 1 heterocycles. The monoisotopic (exact) mass is 214 g/mol. The summed E-state index contributed by atoms with van der Waals surface area (Å²) in [6.45, 7) is 6.95. The minimum atomic E-state index is -0.329. The summed E-state index contributed by atoms with van der Waals surface area (Å²) < 4.78 is 4.17. The van der Waals surface area contributed by atoms with Gasteiger partial charge in [0.2, 0.25) is 5.91 Å².